The lowest BCUT2D eigenvalue weighted by atomic mass is 9.84. The summed E-state index contributed by atoms with van der Waals surface area (Å²) in [7, 11) is 0. The molecule has 52 heavy (non-hydrogen) atoms. The van der Waals surface area contributed by atoms with E-state index in [0.29, 0.717) is 11.2 Å². The largest absolute Gasteiger partial charge is 0.354 e. The number of allylic oxidation sites excluding steroid dienone is 6. The van der Waals surface area contributed by atoms with Crippen LogP contribution in [0.2, 0.25) is 0 Å². The number of aryl methyl sites for hydroxylation is 1. The number of terminal acetylenes is 1. The number of hydrogen-bond donors (Lipinski definition) is 2. The number of rotatable bonds is 5. The van der Waals surface area contributed by atoms with Crippen LogP contribution in [0.5, 0.6) is 0 Å². The van der Waals surface area contributed by atoms with E-state index in [1.54, 1.807) is 11.3 Å². The molecular formula is C46H37N3S3. The third-order valence-corrected chi connectivity index (χ3v) is 14.7. The van der Waals surface area contributed by atoms with Gasteiger partial charge in [-0.15, -0.1) is 40.9 Å². The van der Waals surface area contributed by atoms with E-state index in [0.717, 1.165) is 35.5 Å². The molecule has 4 heterocycles. The standard InChI is InChI=1S/C46H37N3S3/c1-3-13-29-31-18-10-19-32(43(31)52-36(29)4-2)30-17-11-22-39-41(30)35-26-28(24-25-38(35)51-39)45-47-44(27-14-6-5-7-15-27)48-46(49-45)34-20-12-23-40-42(34)33-16-8-9-21-37(33)50-40/h2-3,5-11,13-14,16-22,24-27,35,38,44,46,48H,12,15,23H2,1H3,(H,47,49)/b13-3-. The van der Waals surface area contributed by atoms with Crippen molar-refractivity contribution in [2.45, 2.75) is 54.6 Å². The molecular weight excluding hydrogens is 691 g/mol. The first-order chi connectivity index (χ1) is 25.7. The smallest absolute Gasteiger partial charge is 0.131 e. The lowest BCUT2D eigenvalue weighted by Crippen LogP contribution is -2.57. The van der Waals surface area contributed by atoms with Gasteiger partial charge in [0.15, 0.2) is 0 Å². The van der Waals surface area contributed by atoms with Crippen LogP contribution in [-0.4, -0.2) is 23.4 Å². The van der Waals surface area contributed by atoms with E-state index in [2.05, 4.69) is 145 Å². The molecule has 0 spiro atoms. The zero-order valence-electron chi connectivity index (χ0n) is 28.8. The Morgan fingerprint density at radius 2 is 1.85 bits per heavy atom. The SMILES string of the molecule is C#Cc1sc2c(-c3cccc4c3C3C=C(C5=NC(C6=CCCc7sc8ccccc8c76)NC(C6C=CC=CC6)N5)C=CC3S4)cccc2c1/C=C\C. The molecule has 5 unspecified atom stereocenters. The maximum Gasteiger partial charge on any atom is 0.131 e. The summed E-state index contributed by atoms with van der Waals surface area (Å²) in [6.07, 6.45) is 31.9. The highest BCUT2D eigenvalue weighted by molar-refractivity contribution is 8.00. The monoisotopic (exact) mass is 727 g/mol. The molecule has 6 heteroatoms. The van der Waals surface area contributed by atoms with Crippen molar-refractivity contribution in [1.29, 1.82) is 0 Å². The van der Waals surface area contributed by atoms with E-state index in [1.807, 2.05) is 23.1 Å². The molecule has 5 aliphatic rings. The Balaban J connectivity index is 1.07. The highest BCUT2D eigenvalue weighted by Gasteiger charge is 2.38. The lowest BCUT2D eigenvalue weighted by molar-refractivity contribution is 0.352. The minimum Gasteiger partial charge on any atom is -0.354 e. The number of amidine groups is 1. The second-order valence-electron chi connectivity index (χ2n) is 14.0. The van der Waals surface area contributed by atoms with Crippen LogP contribution in [0.25, 0.3) is 42.9 Å². The van der Waals surface area contributed by atoms with Crippen molar-refractivity contribution in [3.63, 3.8) is 0 Å². The van der Waals surface area contributed by atoms with E-state index < -0.39 is 0 Å². The lowest BCUT2D eigenvalue weighted by Gasteiger charge is -2.38. The minimum absolute atomic E-state index is 0.0517. The molecule has 3 aromatic carbocycles. The Bertz CT molecular complexity index is 2540. The van der Waals surface area contributed by atoms with Gasteiger partial charge in [0.25, 0.3) is 0 Å². The highest BCUT2D eigenvalue weighted by atomic mass is 32.2. The van der Waals surface area contributed by atoms with Gasteiger partial charge >= 0.3 is 0 Å². The van der Waals surface area contributed by atoms with Crippen LogP contribution in [0.3, 0.4) is 0 Å². The fourth-order valence-corrected chi connectivity index (χ4v) is 12.3. The van der Waals surface area contributed by atoms with E-state index in [1.165, 1.54) is 63.3 Å². The van der Waals surface area contributed by atoms with Crippen molar-refractivity contribution in [2.24, 2.45) is 10.9 Å². The number of thioether (sulfide) groups is 1. The number of nitrogens with one attached hydrogen (secondary N) is 2. The summed E-state index contributed by atoms with van der Waals surface area (Å²) >= 11 is 5.65. The first-order valence-electron chi connectivity index (χ1n) is 18.2. The maximum absolute atomic E-state index is 6.03. The first-order valence-corrected chi connectivity index (χ1v) is 20.7. The van der Waals surface area contributed by atoms with Gasteiger partial charge in [0, 0.05) is 63.7 Å². The zero-order valence-corrected chi connectivity index (χ0v) is 31.3. The highest BCUT2D eigenvalue weighted by Crippen LogP contribution is 2.53. The molecule has 254 valence electrons. The Morgan fingerprint density at radius 1 is 0.962 bits per heavy atom. The summed E-state index contributed by atoms with van der Waals surface area (Å²) in [5.41, 5.74) is 8.98. The third kappa shape index (κ3) is 5.25. The van der Waals surface area contributed by atoms with Gasteiger partial charge in [0.1, 0.15) is 12.0 Å². The third-order valence-electron chi connectivity index (χ3n) is 10.9. The average molecular weight is 728 g/mol. The zero-order chi connectivity index (χ0) is 34.8. The fraction of sp³-hybridized carbons (Fsp3) is 0.196. The van der Waals surface area contributed by atoms with Crippen molar-refractivity contribution in [1.82, 2.24) is 10.6 Å². The van der Waals surface area contributed by atoms with Crippen LogP contribution < -0.4 is 10.6 Å². The van der Waals surface area contributed by atoms with Gasteiger partial charge in [-0.2, -0.15) is 0 Å². The number of aliphatic imine (C=N–C) groups is 1. The van der Waals surface area contributed by atoms with Crippen molar-refractivity contribution in [3.05, 3.63) is 147 Å². The predicted octanol–water partition coefficient (Wildman–Crippen LogP) is 11.3. The molecule has 0 saturated carbocycles. The first kappa shape index (κ1) is 32.0. The Morgan fingerprint density at radius 3 is 2.73 bits per heavy atom. The van der Waals surface area contributed by atoms with Crippen molar-refractivity contribution < 1.29 is 0 Å². The second kappa shape index (κ2) is 13.1. The summed E-state index contributed by atoms with van der Waals surface area (Å²) in [4.78, 5) is 9.35. The Hall–Kier alpha value is -4.64. The van der Waals surface area contributed by atoms with E-state index in [9.17, 15) is 0 Å². The number of nitrogens with zero attached hydrogens (tertiary/aromatic N) is 1. The average Bonchev–Trinajstić information content (AvgIpc) is 3.89. The van der Waals surface area contributed by atoms with Crippen LogP contribution in [0.15, 0.2) is 131 Å². The molecule has 0 fully saturated rings. The van der Waals surface area contributed by atoms with Gasteiger partial charge in [0.2, 0.25) is 0 Å². The van der Waals surface area contributed by atoms with Gasteiger partial charge in [-0.25, -0.2) is 4.99 Å². The van der Waals surface area contributed by atoms with Crippen LogP contribution in [0.4, 0.5) is 0 Å². The summed E-state index contributed by atoms with van der Waals surface area (Å²) in [5, 5.41) is 10.8. The van der Waals surface area contributed by atoms with Gasteiger partial charge < -0.3 is 5.32 Å². The maximum atomic E-state index is 6.03. The van der Waals surface area contributed by atoms with Gasteiger partial charge in [-0.3, -0.25) is 5.32 Å². The van der Waals surface area contributed by atoms with E-state index >= 15 is 0 Å². The van der Waals surface area contributed by atoms with Crippen LogP contribution in [0.1, 0.15) is 52.1 Å². The molecule has 3 aliphatic carbocycles. The number of hydrogen-bond acceptors (Lipinski definition) is 6. The molecule has 2 aliphatic heterocycles. The van der Waals surface area contributed by atoms with Gasteiger partial charge in [-0.1, -0.05) is 115 Å². The van der Waals surface area contributed by atoms with Crippen LogP contribution >= 0.6 is 34.4 Å². The molecule has 0 saturated heterocycles. The number of fused-ring (bicyclic) bond motifs is 7. The normalized spacial score (nSPS) is 24.6. The van der Waals surface area contributed by atoms with Crippen molar-refractivity contribution >= 4 is 72.1 Å². The van der Waals surface area contributed by atoms with Crippen LogP contribution in [0, 0.1) is 18.3 Å². The molecule has 3 nitrogen and oxygen atoms in total. The molecule has 0 radical (unpaired) electrons. The predicted molar refractivity (Wildman–Crippen MR) is 225 cm³/mol. The molecule has 0 amide bonds. The Kier molecular flexibility index (Phi) is 8.07. The van der Waals surface area contributed by atoms with Gasteiger partial charge in [0.05, 0.1) is 11.0 Å². The van der Waals surface area contributed by atoms with Crippen LogP contribution in [-0.2, 0) is 6.42 Å². The Labute approximate surface area is 317 Å². The minimum atomic E-state index is -0.140. The van der Waals surface area contributed by atoms with E-state index in [-0.39, 0.29) is 18.2 Å². The van der Waals surface area contributed by atoms with Gasteiger partial charge in [-0.05, 0) is 60.6 Å². The molecule has 5 atom stereocenters. The summed E-state index contributed by atoms with van der Waals surface area (Å²) in [6.45, 7) is 2.05. The fourth-order valence-electron chi connectivity index (χ4n) is 8.60. The number of benzene rings is 3. The van der Waals surface area contributed by atoms with Crippen molar-refractivity contribution in [2.75, 3.05) is 0 Å². The second-order valence-corrected chi connectivity index (χ2v) is 17.3. The quantitative estimate of drug-likeness (QED) is 0.177. The summed E-state index contributed by atoms with van der Waals surface area (Å²) in [6, 6.07) is 22.4. The molecule has 0 bridgehead atoms. The van der Waals surface area contributed by atoms with E-state index in [4.69, 9.17) is 11.4 Å². The number of thiophene rings is 2. The molecule has 2 aromatic heterocycles. The topological polar surface area (TPSA) is 36.4 Å². The van der Waals surface area contributed by atoms with Crippen molar-refractivity contribution in [3.8, 4) is 23.5 Å². The molecule has 2 N–H and O–H groups in total. The summed E-state index contributed by atoms with van der Waals surface area (Å²) in [5.74, 6) is 4.49. The molecule has 10 rings (SSSR count). The molecule has 5 aromatic rings. The summed E-state index contributed by atoms with van der Waals surface area (Å²) < 4.78 is 2.62.